The zero-order valence-corrected chi connectivity index (χ0v) is 14.8. The van der Waals surface area contributed by atoms with Gasteiger partial charge in [-0.3, -0.25) is 0 Å². The molecule has 1 unspecified atom stereocenters. The number of urea groups is 1. The Bertz CT molecular complexity index is 709. The second-order valence-corrected chi connectivity index (χ2v) is 5.86. The first-order valence-electron chi connectivity index (χ1n) is 8.14. The van der Waals surface area contributed by atoms with Crippen LogP contribution in [-0.4, -0.2) is 49.5 Å². The van der Waals surface area contributed by atoms with E-state index in [-0.39, 0.29) is 25.0 Å². The van der Waals surface area contributed by atoms with E-state index in [1.54, 1.807) is 43.4 Å². The van der Waals surface area contributed by atoms with Crippen molar-refractivity contribution in [2.75, 3.05) is 32.6 Å². The smallest absolute Gasteiger partial charge is 0.321 e. The molecule has 2 rings (SSSR count). The third-order valence-corrected chi connectivity index (χ3v) is 3.59. The SMILES string of the molecule is COCC(O)CN(C)C(=O)Nc1cccc(OCc2ccc(F)cc2)c1. The molecule has 0 aliphatic heterocycles. The van der Waals surface area contributed by atoms with Gasteiger partial charge in [-0.15, -0.1) is 0 Å². The van der Waals surface area contributed by atoms with Crippen molar-refractivity contribution in [3.63, 3.8) is 0 Å². The molecule has 26 heavy (non-hydrogen) atoms. The molecular formula is C19H23FN2O4. The van der Waals surface area contributed by atoms with E-state index < -0.39 is 6.10 Å². The first-order chi connectivity index (χ1) is 12.5. The Labute approximate surface area is 152 Å². The van der Waals surface area contributed by atoms with Crippen molar-refractivity contribution in [3.05, 3.63) is 59.9 Å². The van der Waals surface area contributed by atoms with Crippen LogP contribution >= 0.6 is 0 Å². The fourth-order valence-corrected chi connectivity index (χ4v) is 2.27. The van der Waals surface area contributed by atoms with E-state index in [0.717, 1.165) is 5.56 Å². The lowest BCUT2D eigenvalue weighted by Crippen LogP contribution is -2.38. The largest absolute Gasteiger partial charge is 0.489 e. The number of nitrogens with one attached hydrogen (secondary N) is 1. The zero-order chi connectivity index (χ0) is 18.9. The van der Waals surface area contributed by atoms with Crippen LogP contribution in [0.1, 0.15) is 5.56 Å². The van der Waals surface area contributed by atoms with Crippen LogP contribution in [0.2, 0.25) is 0 Å². The number of amides is 2. The molecule has 2 aromatic carbocycles. The van der Waals surface area contributed by atoms with Crippen LogP contribution in [0.15, 0.2) is 48.5 Å². The molecule has 1 atom stereocenters. The Morgan fingerprint density at radius 2 is 2.00 bits per heavy atom. The van der Waals surface area contributed by atoms with Crippen molar-refractivity contribution in [2.45, 2.75) is 12.7 Å². The summed E-state index contributed by atoms with van der Waals surface area (Å²) in [6.45, 7) is 0.603. The zero-order valence-electron chi connectivity index (χ0n) is 14.8. The molecule has 0 saturated carbocycles. The first kappa shape index (κ1) is 19.7. The van der Waals surface area contributed by atoms with Gasteiger partial charge in [-0.1, -0.05) is 18.2 Å². The van der Waals surface area contributed by atoms with E-state index in [1.165, 1.54) is 24.1 Å². The molecule has 0 heterocycles. The van der Waals surface area contributed by atoms with Crippen molar-refractivity contribution >= 4 is 11.7 Å². The molecular weight excluding hydrogens is 339 g/mol. The van der Waals surface area contributed by atoms with Crippen LogP contribution in [0.3, 0.4) is 0 Å². The number of ether oxygens (including phenoxy) is 2. The van der Waals surface area contributed by atoms with Gasteiger partial charge in [0.25, 0.3) is 0 Å². The maximum atomic E-state index is 12.9. The van der Waals surface area contributed by atoms with Crippen LogP contribution in [0, 0.1) is 5.82 Å². The van der Waals surface area contributed by atoms with Crippen LogP contribution in [0.4, 0.5) is 14.9 Å². The Kier molecular flexibility index (Phi) is 7.37. The van der Waals surface area contributed by atoms with E-state index in [4.69, 9.17) is 9.47 Å². The number of hydrogen-bond donors (Lipinski definition) is 2. The van der Waals surface area contributed by atoms with E-state index >= 15 is 0 Å². The molecule has 0 radical (unpaired) electrons. The first-order valence-corrected chi connectivity index (χ1v) is 8.14. The molecule has 0 aliphatic carbocycles. The van der Waals surface area contributed by atoms with Gasteiger partial charge in [0.2, 0.25) is 0 Å². The second kappa shape index (κ2) is 9.74. The predicted octanol–water partition coefficient (Wildman–Crippen LogP) is 2.88. The Morgan fingerprint density at radius 3 is 2.69 bits per heavy atom. The third-order valence-electron chi connectivity index (χ3n) is 3.59. The van der Waals surface area contributed by atoms with Crippen molar-refractivity contribution in [3.8, 4) is 5.75 Å². The van der Waals surface area contributed by atoms with Gasteiger partial charge in [-0.2, -0.15) is 0 Å². The van der Waals surface area contributed by atoms with E-state index in [1.807, 2.05) is 0 Å². The fraction of sp³-hybridized carbons (Fsp3) is 0.316. The standard InChI is InChI=1S/C19H23FN2O4/c1-22(11-17(23)13-25-2)19(24)21-16-4-3-5-18(10-16)26-12-14-6-8-15(20)9-7-14/h3-10,17,23H,11-13H2,1-2H3,(H,21,24). The van der Waals surface area contributed by atoms with Crippen LogP contribution in [0.5, 0.6) is 5.75 Å². The summed E-state index contributed by atoms with van der Waals surface area (Å²) in [7, 11) is 3.07. The van der Waals surface area contributed by atoms with Crippen molar-refractivity contribution in [1.82, 2.24) is 4.90 Å². The van der Waals surface area contributed by atoms with Crippen molar-refractivity contribution in [2.24, 2.45) is 0 Å². The lowest BCUT2D eigenvalue weighted by Gasteiger charge is -2.21. The van der Waals surface area contributed by atoms with Gasteiger partial charge in [-0.05, 0) is 29.8 Å². The van der Waals surface area contributed by atoms with Gasteiger partial charge in [0, 0.05) is 25.9 Å². The summed E-state index contributed by atoms with van der Waals surface area (Å²) >= 11 is 0. The Hall–Kier alpha value is -2.64. The summed E-state index contributed by atoms with van der Waals surface area (Å²) < 4.78 is 23.4. The fourth-order valence-electron chi connectivity index (χ4n) is 2.27. The monoisotopic (exact) mass is 362 g/mol. The average molecular weight is 362 g/mol. The number of benzene rings is 2. The summed E-state index contributed by atoms with van der Waals surface area (Å²) in [6, 6.07) is 12.7. The molecule has 2 N–H and O–H groups in total. The summed E-state index contributed by atoms with van der Waals surface area (Å²) in [5.41, 5.74) is 1.41. The number of rotatable bonds is 8. The van der Waals surface area contributed by atoms with Crippen molar-refractivity contribution in [1.29, 1.82) is 0 Å². The number of hydrogen-bond acceptors (Lipinski definition) is 4. The van der Waals surface area contributed by atoms with E-state index in [9.17, 15) is 14.3 Å². The van der Waals surface area contributed by atoms with E-state index in [0.29, 0.717) is 18.0 Å². The summed E-state index contributed by atoms with van der Waals surface area (Å²) in [4.78, 5) is 13.5. The molecule has 0 spiro atoms. The molecule has 0 aromatic heterocycles. The topological polar surface area (TPSA) is 71.0 Å². The number of aliphatic hydroxyl groups is 1. The highest BCUT2D eigenvalue weighted by molar-refractivity contribution is 5.89. The molecule has 0 aliphatic rings. The number of halogens is 1. The average Bonchev–Trinajstić information content (AvgIpc) is 2.61. The number of carbonyl (C=O) groups excluding carboxylic acids is 1. The summed E-state index contributed by atoms with van der Waals surface area (Å²) in [5.74, 6) is 0.285. The van der Waals surface area contributed by atoms with Gasteiger partial charge in [0.15, 0.2) is 0 Å². The number of methoxy groups -OCH3 is 1. The van der Waals surface area contributed by atoms with Crippen LogP contribution in [-0.2, 0) is 11.3 Å². The quantitative estimate of drug-likeness (QED) is 0.758. The predicted molar refractivity (Wildman–Crippen MR) is 96.7 cm³/mol. The third kappa shape index (κ3) is 6.34. The molecule has 6 nitrogen and oxygen atoms in total. The molecule has 2 aromatic rings. The van der Waals surface area contributed by atoms with Gasteiger partial charge < -0.3 is 24.8 Å². The molecule has 0 saturated heterocycles. The maximum Gasteiger partial charge on any atom is 0.321 e. The Balaban J connectivity index is 1.89. The second-order valence-electron chi connectivity index (χ2n) is 5.86. The molecule has 140 valence electrons. The highest BCUT2D eigenvalue weighted by atomic mass is 19.1. The number of likely N-dealkylation sites (N-methyl/N-ethyl adjacent to an activating group) is 1. The lowest BCUT2D eigenvalue weighted by atomic mass is 10.2. The Morgan fingerprint density at radius 1 is 1.27 bits per heavy atom. The molecule has 2 amide bonds. The summed E-state index contributed by atoms with van der Waals surface area (Å²) in [6.07, 6.45) is -0.749. The maximum absolute atomic E-state index is 12.9. The number of aliphatic hydroxyl groups excluding tert-OH is 1. The van der Waals surface area contributed by atoms with Gasteiger partial charge >= 0.3 is 6.03 Å². The highest BCUT2D eigenvalue weighted by Gasteiger charge is 2.13. The minimum atomic E-state index is -0.749. The van der Waals surface area contributed by atoms with E-state index in [2.05, 4.69) is 5.32 Å². The van der Waals surface area contributed by atoms with Crippen LogP contribution in [0.25, 0.3) is 0 Å². The van der Waals surface area contributed by atoms with Gasteiger partial charge in [0.05, 0.1) is 19.3 Å². The number of anilines is 1. The number of nitrogens with zero attached hydrogens (tertiary/aromatic N) is 1. The van der Waals surface area contributed by atoms with Gasteiger partial charge in [-0.25, -0.2) is 9.18 Å². The minimum Gasteiger partial charge on any atom is -0.489 e. The van der Waals surface area contributed by atoms with Gasteiger partial charge in [0.1, 0.15) is 18.2 Å². The lowest BCUT2D eigenvalue weighted by molar-refractivity contribution is 0.0501. The van der Waals surface area contributed by atoms with Crippen molar-refractivity contribution < 1.29 is 23.8 Å². The molecule has 7 heteroatoms. The molecule has 0 fully saturated rings. The van der Waals surface area contributed by atoms with Crippen LogP contribution < -0.4 is 10.1 Å². The highest BCUT2D eigenvalue weighted by Crippen LogP contribution is 2.19. The number of carbonyl (C=O) groups is 1. The minimum absolute atomic E-state index is 0.153. The summed E-state index contributed by atoms with van der Waals surface area (Å²) in [5, 5.41) is 12.4. The normalized spacial score (nSPS) is 11.7. The molecule has 0 bridgehead atoms.